The van der Waals surface area contributed by atoms with Crippen LogP contribution in [0.4, 0.5) is 5.69 Å². The molecule has 17 heavy (non-hydrogen) atoms. The minimum Gasteiger partial charge on any atom is -0.463 e. The number of rotatable bonds is 4. The van der Waals surface area contributed by atoms with Gasteiger partial charge in [-0.3, -0.25) is 10.1 Å². The maximum atomic E-state index is 11.0. The van der Waals surface area contributed by atoms with Crippen LogP contribution in [0.5, 0.6) is 0 Å². The first-order chi connectivity index (χ1) is 8.04. The molecule has 6 nitrogen and oxygen atoms in total. The molecule has 7 heteroatoms. The first kappa shape index (κ1) is 13.3. The number of hydrogen-bond acceptors (Lipinski definition) is 5. The Hall–Kier alpha value is -1.76. The van der Waals surface area contributed by atoms with Gasteiger partial charge in [-0.25, -0.2) is 9.78 Å². The summed E-state index contributed by atoms with van der Waals surface area (Å²) in [6, 6.07) is 1.32. The Bertz CT molecular complexity index is 473. The van der Waals surface area contributed by atoms with Gasteiger partial charge in [-0.05, 0) is 28.9 Å². The Morgan fingerprint density at radius 1 is 1.71 bits per heavy atom. The molecule has 1 aromatic rings. The number of ether oxygens (including phenoxy) is 1. The summed E-state index contributed by atoms with van der Waals surface area (Å²) in [4.78, 5) is 25.1. The molecule has 0 aliphatic rings. The lowest BCUT2D eigenvalue weighted by Gasteiger charge is -1.98. The number of halogens is 1. The summed E-state index contributed by atoms with van der Waals surface area (Å²) in [5.41, 5.74) is -0.0776. The number of hydrogen-bond donors (Lipinski definition) is 0. The summed E-state index contributed by atoms with van der Waals surface area (Å²) < 4.78 is 5.15. The molecule has 0 radical (unpaired) electrons. The molecule has 1 heterocycles. The Kier molecular flexibility index (Phi) is 4.77. The zero-order chi connectivity index (χ0) is 12.8. The number of pyridine rings is 1. The van der Waals surface area contributed by atoms with Crippen molar-refractivity contribution in [1.82, 2.24) is 4.98 Å². The van der Waals surface area contributed by atoms with Crippen molar-refractivity contribution in [1.29, 1.82) is 0 Å². The molecule has 0 aliphatic heterocycles. The number of carbonyl (C=O) groups is 1. The van der Waals surface area contributed by atoms with Crippen LogP contribution in [0.15, 0.2) is 22.8 Å². The second-order valence-electron chi connectivity index (χ2n) is 2.90. The predicted octanol–water partition coefficient (Wildman–Crippen LogP) is 2.33. The van der Waals surface area contributed by atoms with E-state index in [4.69, 9.17) is 0 Å². The van der Waals surface area contributed by atoms with Gasteiger partial charge in [0.25, 0.3) is 5.69 Å². The fraction of sp³-hybridized carbons (Fsp3) is 0.200. The third-order valence-corrected chi connectivity index (χ3v) is 2.16. The standard InChI is InChI=1S/C10H9BrN2O4/c1-2-17-10(14)4-3-8-9(13(15)16)5-7(11)6-12-8/h3-6H,2H2,1H3. The molecule has 0 N–H and O–H groups in total. The average molecular weight is 301 g/mol. The van der Waals surface area contributed by atoms with Crippen LogP contribution < -0.4 is 0 Å². The van der Waals surface area contributed by atoms with E-state index in [2.05, 4.69) is 25.7 Å². The fourth-order valence-corrected chi connectivity index (χ4v) is 1.37. The molecule has 1 rings (SSSR count). The predicted molar refractivity (Wildman–Crippen MR) is 64.3 cm³/mol. The molecule has 1 aromatic heterocycles. The lowest BCUT2D eigenvalue weighted by atomic mass is 10.3. The maximum absolute atomic E-state index is 11.0. The van der Waals surface area contributed by atoms with E-state index in [0.29, 0.717) is 4.47 Å². The van der Waals surface area contributed by atoms with Crippen LogP contribution in [-0.2, 0) is 9.53 Å². The number of carbonyl (C=O) groups excluding carboxylic acids is 1. The molecule has 0 atom stereocenters. The van der Waals surface area contributed by atoms with Crippen molar-refractivity contribution in [2.45, 2.75) is 6.92 Å². The number of esters is 1. The first-order valence-electron chi connectivity index (χ1n) is 4.69. The topological polar surface area (TPSA) is 82.3 Å². The van der Waals surface area contributed by atoms with Crippen molar-refractivity contribution in [3.63, 3.8) is 0 Å². The van der Waals surface area contributed by atoms with Crippen molar-refractivity contribution >= 4 is 33.7 Å². The molecule has 0 amide bonds. The van der Waals surface area contributed by atoms with Crippen LogP contribution in [0.25, 0.3) is 6.08 Å². The minimum absolute atomic E-state index is 0.103. The first-order valence-corrected chi connectivity index (χ1v) is 5.48. The lowest BCUT2D eigenvalue weighted by Crippen LogP contribution is -1.99. The second kappa shape index (κ2) is 6.09. The van der Waals surface area contributed by atoms with Gasteiger partial charge >= 0.3 is 5.97 Å². The van der Waals surface area contributed by atoms with Gasteiger partial charge in [0.15, 0.2) is 0 Å². The summed E-state index contributed by atoms with van der Waals surface area (Å²) >= 11 is 3.09. The lowest BCUT2D eigenvalue weighted by molar-refractivity contribution is -0.385. The van der Waals surface area contributed by atoms with E-state index < -0.39 is 10.9 Å². The van der Waals surface area contributed by atoms with Crippen LogP contribution >= 0.6 is 15.9 Å². The van der Waals surface area contributed by atoms with Crippen molar-refractivity contribution in [3.05, 3.63) is 38.6 Å². The average Bonchev–Trinajstić information content (AvgIpc) is 2.27. The van der Waals surface area contributed by atoms with Gasteiger partial charge < -0.3 is 4.74 Å². The Balaban J connectivity index is 2.98. The maximum Gasteiger partial charge on any atom is 0.330 e. The zero-order valence-electron chi connectivity index (χ0n) is 8.92. The van der Waals surface area contributed by atoms with Gasteiger partial charge in [-0.2, -0.15) is 0 Å². The van der Waals surface area contributed by atoms with E-state index in [0.717, 1.165) is 6.08 Å². The highest BCUT2D eigenvalue weighted by atomic mass is 79.9. The van der Waals surface area contributed by atoms with Gasteiger partial charge in [0.1, 0.15) is 5.69 Å². The van der Waals surface area contributed by atoms with E-state index in [-0.39, 0.29) is 18.0 Å². The Morgan fingerprint density at radius 3 is 3.00 bits per heavy atom. The molecular weight excluding hydrogens is 292 g/mol. The van der Waals surface area contributed by atoms with Crippen molar-refractivity contribution in [3.8, 4) is 0 Å². The smallest absolute Gasteiger partial charge is 0.330 e. The van der Waals surface area contributed by atoms with Crippen molar-refractivity contribution in [2.24, 2.45) is 0 Å². The van der Waals surface area contributed by atoms with E-state index in [1.807, 2.05) is 0 Å². The summed E-state index contributed by atoms with van der Waals surface area (Å²) in [6.45, 7) is 1.92. The minimum atomic E-state index is -0.567. The van der Waals surface area contributed by atoms with Crippen molar-refractivity contribution in [2.75, 3.05) is 6.61 Å². The van der Waals surface area contributed by atoms with Gasteiger partial charge in [-0.15, -0.1) is 0 Å². The monoisotopic (exact) mass is 300 g/mol. The van der Waals surface area contributed by atoms with E-state index >= 15 is 0 Å². The molecular formula is C10H9BrN2O4. The fourth-order valence-electron chi connectivity index (χ4n) is 1.05. The van der Waals surface area contributed by atoms with Crippen LogP contribution in [0.3, 0.4) is 0 Å². The zero-order valence-corrected chi connectivity index (χ0v) is 10.5. The third kappa shape index (κ3) is 3.95. The van der Waals surface area contributed by atoms with Gasteiger partial charge in [0.2, 0.25) is 0 Å². The summed E-state index contributed by atoms with van der Waals surface area (Å²) in [7, 11) is 0. The van der Waals surface area contributed by atoms with Gasteiger partial charge in [-0.1, -0.05) is 0 Å². The Morgan fingerprint density at radius 2 is 2.41 bits per heavy atom. The van der Waals surface area contributed by atoms with E-state index in [1.165, 1.54) is 18.3 Å². The van der Waals surface area contributed by atoms with Crippen LogP contribution in [0.2, 0.25) is 0 Å². The largest absolute Gasteiger partial charge is 0.463 e. The van der Waals surface area contributed by atoms with Crippen LogP contribution in [0.1, 0.15) is 12.6 Å². The third-order valence-electron chi connectivity index (χ3n) is 1.72. The van der Waals surface area contributed by atoms with Crippen LogP contribution in [0, 0.1) is 10.1 Å². The number of aromatic nitrogens is 1. The molecule has 0 bridgehead atoms. The number of nitrogens with zero attached hydrogens (tertiary/aromatic N) is 2. The molecule has 0 fully saturated rings. The highest BCUT2D eigenvalue weighted by Crippen LogP contribution is 2.22. The Labute approximate surface area is 106 Å². The summed E-state index contributed by atoms with van der Waals surface area (Å²) in [5.74, 6) is -0.563. The molecule has 90 valence electrons. The molecule has 0 spiro atoms. The molecule has 0 aromatic carbocycles. The SMILES string of the molecule is CCOC(=O)C=Cc1ncc(Br)cc1[N+](=O)[O-]. The van der Waals surface area contributed by atoms with Gasteiger partial charge in [0.05, 0.1) is 11.5 Å². The highest BCUT2D eigenvalue weighted by molar-refractivity contribution is 9.10. The van der Waals surface area contributed by atoms with E-state index in [9.17, 15) is 14.9 Å². The second-order valence-corrected chi connectivity index (χ2v) is 3.82. The normalized spacial score (nSPS) is 10.5. The molecule has 0 aliphatic carbocycles. The summed E-state index contributed by atoms with van der Waals surface area (Å²) in [5, 5.41) is 10.7. The van der Waals surface area contributed by atoms with Gasteiger partial charge in [0, 0.05) is 22.8 Å². The van der Waals surface area contributed by atoms with E-state index in [1.54, 1.807) is 6.92 Å². The van der Waals surface area contributed by atoms with Crippen molar-refractivity contribution < 1.29 is 14.5 Å². The van der Waals surface area contributed by atoms with Crippen LogP contribution in [-0.4, -0.2) is 22.5 Å². The quantitative estimate of drug-likeness (QED) is 0.369. The highest BCUT2D eigenvalue weighted by Gasteiger charge is 2.13. The summed E-state index contributed by atoms with van der Waals surface area (Å²) in [6.07, 6.45) is 3.77. The molecule has 0 unspecified atom stereocenters. The number of nitro groups is 1. The molecule has 0 saturated carbocycles. The molecule has 0 saturated heterocycles.